The summed E-state index contributed by atoms with van der Waals surface area (Å²) in [6, 6.07) is 3.08. The van der Waals surface area contributed by atoms with Gasteiger partial charge in [-0.1, -0.05) is 82.3 Å². The molecule has 33 nitrogen and oxygen atoms in total. The number of nitrogens with zero attached hydrogens (tertiary/aromatic N) is 1. The van der Waals surface area contributed by atoms with E-state index in [0.29, 0.717) is 23.1 Å². The number of nitrogens with one attached hydrogen (secondary N) is 9. The number of hydrogen-bond acceptors (Lipinski definition) is 18. The molecule has 0 aliphatic rings. The van der Waals surface area contributed by atoms with Crippen molar-refractivity contribution in [3.63, 3.8) is 0 Å². The summed E-state index contributed by atoms with van der Waals surface area (Å²) in [5.74, 6) is -16.6. The molecule has 3 aromatic rings. The fourth-order valence-electron chi connectivity index (χ4n) is 9.73. The van der Waals surface area contributed by atoms with Gasteiger partial charge >= 0.3 is 23.9 Å². The van der Waals surface area contributed by atoms with Gasteiger partial charge in [0.15, 0.2) is 5.96 Å². The first kappa shape index (κ1) is 80.8. The second-order valence-corrected chi connectivity index (χ2v) is 23.9. The minimum atomic E-state index is -1.94. The lowest BCUT2D eigenvalue weighted by Gasteiger charge is -2.29. The Hall–Kier alpha value is -10.4. The Balaban J connectivity index is 2.06. The summed E-state index contributed by atoms with van der Waals surface area (Å²) in [6.07, 6.45) is -3.96. The third-order valence-corrected chi connectivity index (χ3v) is 15.0. The molecule has 10 atom stereocenters. The highest BCUT2D eigenvalue weighted by Crippen LogP contribution is 2.17. The van der Waals surface area contributed by atoms with Crippen LogP contribution in [0.2, 0.25) is 0 Å². The second kappa shape index (κ2) is 41.4. The third kappa shape index (κ3) is 30.7. The zero-order valence-corrected chi connectivity index (χ0v) is 54.5. The molecule has 97 heavy (non-hydrogen) atoms. The summed E-state index contributed by atoms with van der Waals surface area (Å²) in [6.45, 7) is 6.61. The van der Waals surface area contributed by atoms with Crippen LogP contribution in [-0.2, 0) is 81.6 Å². The maximum Gasteiger partial charge on any atom is 0.326 e. The Morgan fingerprint density at radius 2 is 0.804 bits per heavy atom. The molecule has 33 heteroatoms. The van der Waals surface area contributed by atoms with E-state index < -0.39 is 169 Å². The Kier molecular flexibility index (Phi) is 34.5. The zero-order valence-electron chi connectivity index (χ0n) is 54.5. The zero-order chi connectivity index (χ0) is 72.5. The van der Waals surface area contributed by atoms with E-state index in [0.717, 1.165) is 0 Å². The number of hydrogen-bond donors (Lipinski definition) is 19. The highest BCUT2D eigenvalue weighted by Gasteiger charge is 2.37. The topological polar surface area (TPSA) is 568 Å². The number of phenolic OH excluding ortho intramolecular Hbond substituents is 2. The predicted octanol–water partition coefficient (Wildman–Crippen LogP) is -2.01. The number of benzene rings is 3. The fourth-order valence-corrected chi connectivity index (χ4v) is 9.73. The van der Waals surface area contributed by atoms with E-state index >= 15 is 0 Å². The number of amides is 9. The number of rotatable bonds is 44. The molecule has 0 unspecified atom stereocenters. The van der Waals surface area contributed by atoms with Crippen molar-refractivity contribution in [3.8, 4) is 11.5 Å². The summed E-state index contributed by atoms with van der Waals surface area (Å²) < 4.78 is 0. The molecule has 9 amide bonds. The van der Waals surface area contributed by atoms with Crippen molar-refractivity contribution in [1.29, 1.82) is 0 Å². The highest BCUT2D eigenvalue weighted by molar-refractivity contribution is 5.99. The number of unbranched alkanes of at least 4 members (excludes halogenated alkanes) is 1. The van der Waals surface area contributed by atoms with Crippen LogP contribution in [0.25, 0.3) is 0 Å². The van der Waals surface area contributed by atoms with Gasteiger partial charge in [0, 0.05) is 38.6 Å². The minimum absolute atomic E-state index is 0.0181. The Bertz CT molecular complexity index is 3190. The third-order valence-electron chi connectivity index (χ3n) is 15.0. The quantitative estimate of drug-likeness (QED) is 0.0165. The highest BCUT2D eigenvalue weighted by atomic mass is 16.4. The van der Waals surface area contributed by atoms with Crippen LogP contribution in [-0.4, -0.2) is 187 Å². The lowest BCUT2D eigenvalue weighted by Crippen LogP contribution is -2.61. The molecule has 23 N–H and O–H groups in total. The number of aliphatic imine (C=N–C) groups is 1. The number of phenols is 2. The van der Waals surface area contributed by atoms with Crippen LogP contribution < -0.4 is 70.8 Å². The van der Waals surface area contributed by atoms with Crippen molar-refractivity contribution in [2.45, 2.75) is 178 Å². The van der Waals surface area contributed by atoms with Crippen LogP contribution in [0, 0.1) is 11.8 Å². The summed E-state index contributed by atoms with van der Waals surface area (Å²) in [4.78, 5) is 180. The van der Waals surface area contributed by atoms with Crippen LogP contribution in [0.5, 0.6) is 11.5 Å². The van der Waals surface area contributed by atoms with Crippen molar-refractivity contribution in [2.75, 3.05) is 13.1 Å². The first-order valence-corrected chi connectivity index (χ1v) is 31.5. The van der Waals surface area contributed by atoms with Gasteiger partial charge in [0.2, 0.25) is 53.2 Å². The molecular formula is C64H92N14O19. The molecule has 0 saturated carbocycles. The summed E-state index contributed by atoms with van der Waals surface area (Å²) in [5, 5.41) is 81.2. The first-order valence-electron chi connectivity index (χ1n) is 31.5. The summed E-state index contributed by atoms with van der Waals surface area (Å²) in [5.41, 5.74) is 23.9. The van der Waals surface area contributed by atoms with Crippen molar-refractivity contribution in [1.82, 2.24) is 47.9 Å². The van der Waals surface area contributed by atoms with Crippen molar-refractivity contribution in [2.24, 2.45) is 39.8 Å². The molecular weight excluding hydrogens is 1270 g/mol. The molecule has 3 aromatic carbocycles. The number of carboxylic acids is 4. The van der Waals surface area contributed by atoms with Crippen molar-refractivity contribution in [3.05, 3.63) is 95.6 Å². The number of nitrogens with two attached hydrogens (primary N) is 4. The number of carboxylic acid groups (broad SMARTS) is 4. The lowest BCUT2D eigenvalue weighted by molar-refractivity contribution is -0.143. The van der Waals surface area contributed by atoms with Gasteiger partial charge in [-0.15, -0.1) is 0 Å². The van der Waals surface area contributed by atoms with Crippen LogP contribution in [0.3, 0.4) is 0 Å². The van der Waals surface area contributed by atoms with E-state index in [9.17, 15) is 93.0 Å². The number of aliphatic carboxylic acids is 4. The molecule has 0 bridgehead atoms. The smallest absolute Gasteiger partial charge is 0.326 e. The largest absolute Gasteiger partial charge is 0.508 e. The summed E-state index contributed by atoms with van der Waals surface area (Å²) in [7, 11) is 0. The second-order valence-electron chi connectivity index (χ2n) is 23.9. The Morgan fingerprint density at radius 1 is 0.423 bits per heavy atom. The number of carbonyl (C=O) groups is 13. The van der Waals surface area contributed by atoms with E-state index in [2.05, 4.69) is 52.8 Å². The van der Waals surface area contributed by atoms with Crippen LogP contribution >= 0.6 is 0 Å². The van der Waals surface area contributed by atoms with Crippen LogP contribution in [0.15, 0.2) is 83.9 Å². The maximum absolute atomic E-state index is 14.8. The van der Waals surface area contributed by atoms with Gasteiger partial charge in [-0.3, -0.25) is 62.5 Å². The SMILES string of the molecule is CC(C)C[C@H](NC(=O)[C@H](CCCCN)NC(=O)[C@H](CC(=O)O)NC(=O)[C@H](CCCN=C(N)N)NC(=O)[C@H](Cc1ccccc1)NC(=O)[C@H](CCC(=O)O)NC(=O)[C@H](Cc1ccc(O)cc1)NC(=O)[C@@H](NC(=O)[C@H](Cc1ccc(O)cc1)NC(=O)[C@@H](N)CCC(=O)O)C(C)C)C(=O)O. The molecule has 0 spiro atoms. The average Bonchev–Trinajstić information content (AvgIpc) is 0.861. The van der Waals surface area contributed by atoms with Gasteiger partial charge in [-0.25, -0.2) is 4.79 Å². The molecule has 0 heterocycles. The molecule has 0 saturated heterocycles. The van der Waals surface area contributed by atoms with E-state index in [1.807, 2.05) is 0 Å². The first-order chi connectivity index (χ1) is 45.8. The number of aromatic hydroxyl groups is 2. The van der Waals surface area contributed by atoms with E-state index in [4.69, 9.17) is 22.9 Å². The summed E-state index contributed by atoms with van der Waals surface area (Å²) >= 11 is 0. The van der Waals surface area contributed by atoms with Gasteiger partial charge in [-0.2, -0.15) is 0 Å². The molecule has 0 fully saturated rings. The minimum Gasteiger partial charge on any atom is -0.508 e. The predicted molar refractivity (Wildman–Crippen MR) is 350 cm³/mol. The normalized spacial score (nSPS) is 14.1. The maximum atomic E-state index is 14.8. The monoisotopic (exact) mass is 1360 g/mol. The van der Waals surface area contributed by atoms with Crippen LogP contribution in [0.4, 0.5) is 0 Å². The molecule has 3 rings (SSSR count). The average molecular weight is 1360 g/mol. The molecule has 0 aliphatic carbocycles. The van der Waals surface area contributed by atoms with Gasteiger partial charge in [0.05, 0.1) is 12.5 Å². The molecule has 532 valence electrons. The van der Waals surface area contributed by atoms with Gasteiger partial charge in [-0.05, 0) is 111 Å². The Morgan fingerprint density at radius 3 is 1.24 bits per heavy atom. The molecule has 0 aromatic heterocycles. The van der Waals surface area contributed by atoms with E-state index in [1.165, 1.54) is 48.5 Å². The van der Waals surface area contributed by atoms with Gasteiger partial charge < -0.3 is 101 Å². The van der Waals surface area contributed by atoms with Gasteiger partial charge in [0.1, 0.15) is 65.9 Å². The Labute approximate surface area is 559 Å². The van der Waals surface area contributed by atoms with Crippen molar-refractivity contribution < 1.29 is 93.0 Å². The fraction of sp³-hybridized carbons (Fsp3) is 0.500. The number of carbonyl (C=O) groups excluding carboxylic acids is 9. The molecule has 0 radical (unpaired) electrons. The standard InChI is InChI=1S/C64H92N14O19/c1-34(2)29-49(63(96)97)77-56(89)42(13-8-9-27-65)70-60(93)48(33-52(85)86)75-55(88)43(14-10-28-69-64(67)68)71-58(91)45(30-36-11-6-5-7-12-36)74-57(90)44(24-26-51(83)84)72-59(92)46(31-37-15-19-39(79)20-16-37)76-62(95)53(35(3)4)78-61(94)47(32-38-17-21-40(80)22-18-38)73-54(87)41(66)23-25-50(81)82/h5-7,11-12,15-22,34-35,41-49,53,79-80H,8-10,13-14,23-33,65-66H2,1-4H3,(H,70,93)(H,71,91)(H,72,92)(H,73,87)(H,74,90)(H,75,88)(H,76,95)(H,77,89)(H,78,94)(H,81,82)(H,83,84)(H,85,86)(H,96,97)(H4,67,68,69)/t41-,42-,43-,44-,45-,46-,47-,48-,49-,53-/m0/s1. The van der Waals surface area contributed by atoms with Gasteiger partial charge in [0.25, 0.3) is 0 Å². The van der Waals surface area contributed by atoms with Crippen LogP contribution in [0.1, 0.15) is 115 Å². The lowest BCUT2D eigenvalue weighted by atomic mass is 9.99. The number of guanidine groups is 1. The molecule has 0 aliphatic heterocycles. The van der Waals surface area contributed by atoms with Crippen molar-refractivity contribution >= 4 is 83.0 Å². The van der Waals surface area contributed by atoms with E-state index in [1.54, 1.807) is 58.0 Å². The van der Waals surface area contributed by atoms with E-state index in [-0.39, 0.29) is 94.3 Å².